The highest BCUT2D eigenvalue weighted by molar-refractivity contribution is 6.42. The van der Waals surface area contributed by atoms with Crippen LogP contribution in [0, 0.1) is 0 Å². The van der Waals surface area contributed by atoms with E-state index in [1.54, 1.807) is 70.3 Å². The van der Waals surface area contributed by atoms with Crippen LogP contribution < -0.4 is 4.74 Å². The first-order chi connectivity index (χ1) is 13.9. The van der Waals surface area contributed by atoms with Crippen LogP contribution in [0.2, 0.25) is 10.0 Å². The smallest absolute Gasteiger partial charge is 0.410 e. The third-order valence-corrected chi connectivity index (χ3v) is 4.72. The molecule has 0 saturated carbocycles. The number of hydrogen-bond acceptors (Lipinski definition) is 5. The van der Waals surface area contributed by atoms with Gasteiger partial charge in [0.05, 0.1) is 29.1 Å². The van der Waals surface area contributed by atoms with Crippen LogP contribution in [-0.2, 0) is 16.0 Å². The Morgan fingerprint density at radius 1 is 1.07 bits per heavy atom. The topological polar surface area (TPSA) is 76.1 Å². The third-order valence-electron chi connectivity index (χ3n) is 3.98. The number of aliphatic hydroxyl groups excluding tert-OH is 1. The molecule has 2 rings (SSSR count). The van der Waals surface area contributed by atoms with E-state index >= 15 is 0 Å². The second-order valence-electron chi connectivity index (χ2n) is 7.85. The number of esters is 1. The molecule has 0 radical (unpaired) electrons. The minimum Gasteiger partial charge on any atom is -0.444 e. The number of hydrogen-bond donors (Lipinski definition) is 1. The molecule has 1 amide bonds. The quantitative estimate of drug-likeness (QED) is 0.489. The maximum atomic E-state index is 12.1. The van der Waals surface area contributed by atoms with Crippen molar-refractivity contribution in [2.75, 3.05) is 13.6 Å². The van der Waals surface area contributed by atoms with Crippen molar-refractivity contribution in [3.63, 3.8) is 0 Å². The highest BCUT2D eigenvalue weighted by Gasteiger charge is 2.22. The van der Waals surface area contributed by atoms with E-state index < -0.39 is 23.8 Å². The van der Waals surface area contributed by atoms with Crippen molar-refractivity contribution in [2.24, 2.45) is 0 Å². The number of benzene rings is 2. The molecule has 0 spiro atoms. The highest BCUT2D eigenvalue weighted by Crippen LogP contribution is 2.24. The molecule has 1 atom stereocenters. The van der Waals surface area contributed by atoms with Gasteiger partial charge in [0.25, 0.3) is 0 Å². The van der Waals surface area contributed by atoms with Gasteiger partial charge in [0.2, 0.25) is 0 Å². The van der Waals surface area contributed by atoms with E-state index in [4.69, 9.17) is 32.7 Å². The molecule has 0 bridgehead atoms. The fraction of sp³-hybridized carbons (Fsp3) is 0.364. The number of rotatable bonds is 6. The number of likely N-dealkylation sites (N-methyl/N-ethyl adjacent to an activating group) is 1. The molecule has 6 nitrogen and oxygen atoms in total. The third kappa shape index (κ3) is 7.52. The largest absolute Gasteiger partial charge is 0.444 e. The Morgan fingerprint density at radius 3 is 2.27 bits per heavy atom. The Hall–Kier alpha value is -2.28. The van der Waals surface area contributed by atoms with E-state index in [0.717, 1.165) is 0 Å². The number of amides is 1. The number of nitrogens with zero attached hydrogens (tertiary/aromatic N) is 1. The number of carbonyl (C=O) groups is 2. The average Bonchev–Trinajstić information content (AvgIpc) is 2.63. The molecule has 0 aliphatic heterocycles. The molecule has 1 N–H and O–H groups in total. The van der Waals surface area contributed by atoms with E-state index in [0.29, 0.717) is 26.9 Å². The monoisotopic (exact) mass is 453 g/mol. The molecular weight excluding hydrogens is 429 g/mol. The highest BCUT2D eigenvalue weighted by atomic mass is 35.5. The molecule has 0 aliphatic carbocycles. The van der Waals surface area contributed by atoms with Crippen molar-refractivity contribution in [1.82, 2.24) is 4.90 Å². The SMILES string of the molecule is CN(CC(O)c1ccc(OC(=O)Cc2ccc(Cl)c(Cl)c2)cc1)C(=O)OC(C)(C)C. The second-order valence-corrected chi connectivity index (χ2v) is 8.66. The van der Waals surface area contributed by atoms with Gasteiger partial charge in [0, 0.05) is 7.05 Å². The lowest BCUT2D eigenvalue weighted by molar-refractivity contribution is -0.133. The van der Waals surface area contributed by atoms with Crippen molar-refractivity contribution in [1.29, 1.82) is 0 Å². The van der Waals surface area contributed by atoms with E-state index in [-0.39, 0.29) is 13.0 Å². The summed E-state index contributed by atoms with van der Waals surface area (Å²) < 4.78 is 10.6. The molecule has 2 aromatic carbocycles. The molecule has 0 aliphatic rings. The summed E-state index contributed by atoms with van der Waals surface area (Å²) in [5.74, 6) is -0.108. The van der Waals surface area contributed by atoms with Gasteiger partial charge in [-0.2, -0.15) is 0 Å². The van der Waals surface area contributed by atoms with Crippen LogP contribution >= 0.6 is 23.2 Å². The standard InChI is InChI=1S/C22H25Cl2NO5/c1-22(2,3)30-21(28)25(4)13-19(26)15-6-8-16(9-7-15)29-20(27)12-14-5-10-17(23)18(24)11-14/h5-11,19,26H,12-13H2,1-4H3. The van der Waals surface area contributed by atoms with Gasteiger partial charge < -0.3 is 19.5 Å². The zero-order valence-corrected chi connectivity index (χ0v) is 18.8. The van der Waals surface area contributed by atoms with Crippen molar-refractivity contribution in [3.8, 4) is 5.75 Å². The summed E-state index contributed by atoms with van der Waals surface area (Å²) in [4.78, 5) is 25.4. The number of carbonyl (C=O) groups excluding carboxylic acids is 2. The summed E-state index contributed by atoms with van der Waals surface area (Å²) in [7, 11) is 1.55. The van der Waals surface area contributed by atoms with Gasteiger partial charge in [-0.05, 0) is 56.2 Å². The average molecular weight is 454 g/mol. The molecule has 8 heteroatoms. The minimum atomic E-state index is -0.913. The van der Waals surface area contributed by atoms with Crippen molar-refractivity contribution in [2.45, 2.75) is 38.9 Å². The Kier molecular flexibility index (Phi) is 8.12. The molecule has 162 valence electrons. The van der Waals surface area contributed by atoms with Crippen LogP contribution in [0.4, 0.5) is 4.79 Å². The summed E-state index contributed by atoms with van der Waals surface area (Å²) in [6.45, 7) is 5.38. The first-order valence-electron chi connectivity index (χ1n) is 9.31. The Labute approximate surface area is 186 Å². The predicted octanol–water partition coefficient (Wildman–Crippen LogP) is 5.04. The van der Waals surface area contributed by atoms with Crippen LogP contribution in [-0.4, -0.2) is 41.3 Å². The zero-order chi connectivity index (χ0) is 22.5. The van der Waals surface area contributed by atoms with Gasteiger partial charge in [-0.25, -0.2) is 4.79 Å². The predicted molar refractivity (Wildman–Crippen MR) is 116 cm³/mol. The van der Waals surface area contributed by atoms with Gasteiger partial charge in [-0.3, -0.25) is 4.79 Å². The van der Waals surface area contributed by atoms with Crippen molar-refractivity contribution >= 4 is 35.3 Å². The van der Waals surface area contributed by atoms with Crippen molar-refractivity contribution < 1.29 is 24.2 Å². The van der Waals surface area contributed by atoms with Crippen LogP contribution in [0.5, 0.6) is 5.75 Å². The van der Waals surface area contributed by atoms with Crippen molar-refractivity contribution in [3.05, 3.63) is 63.6 Å². The number of ether oxygens (including phenoxy) is 2. The Balaban J connectivity index is 1.91. The Bertz CT molecular complexity index is 893. The zero-order valence-electron chi connectivity index (χ0n) is 17.3. The molecule has 0 aromatic heterocycles. The van der Waals surface area contributed by atoms with Crippen LogP contribution in [0.15, 0.2) is 42.5 Å². The molecule has 1 unspecified atom stereocenters. The molecule has 30 heavy (non-hydrogen) atoms. The summed E-state index contributed by atoms with van der Waals surface area (Å²) in [5, 5.41) is 11.2. The van der Waals surface area contributed by atoms with E-state index in [1.165, 1.54) is 4.90 Å². The Morgan fingerprint density at radius 2 is 1.70 bits per heavy atom. The van der Waals surface area contributed by atoms with Crippen LogP contribution in [0.1, 0.15) is 38.0 Å². The minimum absolute atomic E-state index is 0.0436. The number of halogens is 2. The lowest BCUT2D eigenvalue weighted by Crippen LogP contribution is -2.36. The molecule has 0 fully saturated rings. The summed E-state index contributed by atoms with van der Waals surface area (Å²) in [6.07, 6.45) is -1.39. The fourth-order valence-electron chi connectivity index (χ4n) is 2.52. The van der Waals surface area contributed by atoms with Gasteiger partial charge in [-0.1, -0.05) is 41.4 Å². The van der Waals surface area contributed by atoms with Gasteiger partial charge in [0.15, 0.2) is 0 Å². The number of aliphatic hydroxyl groups is 1. The lowest BCUT2D eigenvalue weighted by atomic mass is 10.1. The maximum absolute atomic E-state index is 12.1. The van der Waals surface area contributed by atoms with E-state index in [2.05, 4.69) is 0 Å². The van der Waals surface area contributed by atoms with Crippen LogP contribution in [0.25, 0.3) is 0 Å². The first-order valence-corrected chi connectivity index (χ1v) is 10.1. The molecule has 2 aromatic rings. The summed E-state index contributed by atoms with van der Waals surface area (Å²) in [5.41, 5.74) is 0.653. The fourth-order valence-corrected chi connectivity index (χ4v) is 2.84. The van der Waals surface area contributed by atoms with Crippen LogP contribution in [0.3, 0.4) is 0 Å². The van der Waals surface area contributed by atoms with E-state index in [9.17, 15) is 14.7 Å². The maximum Gasteiger partial charge on any atom is 0.410 e. The first kappa shape index (κ1) is 24.0. The van der Waals surface area contributed by atoms with Gasteiger partial charge in [0.1, 0.15) is 11.4 Å². The van der Waals surface area contributed by atoms with Gasteiger partial charge >= 0.3 is 12.1 Å². The summed E-state index contributed by atoms with van der Waals surface area (Å²) >= 11 is 11.8. The molecular formula is C22H25Cl2NO5. The van der Waals surface area contributed by atoms with Gasteiger partial charge in [-0.15, -0.1) is 0 Å². The summed E-state index contributed by atoms with van der Waals surface area (Å²) in [6, 6.07) is 11.4. The molecule has 0 heterocycles. The normalized spacial score (nSPS) is 12.2. The molecule has 0 saturated heterocycles. The second kappa shape index (κ2) is 10.2. The van der Waals surface area contributed by atoms with E-state index in [1.807, 2.05) is 0 Å². The lowest BCUT2D eigenvalue weighted by Gasteiger charge is -2.26.